The van der Waals surface area contributed by atoms with Crippen molar-refractivity contribution in [3.8, 4) is 0 Å². The molecule has 0 aromatic heterocycles. The van der Waals surface area contributed by atoms with Gasteiger partial charge in [-0.05, 0) is 43.9 Å². The van der Waals surface area contributed by atoms with Gasteiger partial charge in [0.1, 0.15) is 0 Å². The molecule has 0 saturated heterocycles. The minimum absolute atomic E-state index is 0.0332. The lowest BCUT2D eigenvalue weighted by Gasteiger charge is -2.25. The number of aliphatic hydroxyl groups is 1. The number of nitrogens with zero attached hydrogens (tertiary/aromatic N) is 1. The fourth-order valence-corrected chi connectivity index (χ4v) is 2.71. The van der Waals surface area contributed by atoms with Gasteiger partial charge in [0, 0.05) is 24.5 Å². The maximum absolute atomic E-state index is 12.2. The predicted octanol–water partition coefficient (Wildman–Crippen LogP) is 2.67. The summed E-state index contributed by atoms with van der Waals surface area (Å²) in [4.78, 5) is 13.9. The van der Waals surface area contributed by atoms with Gasteiger partial charge in [-0.1, -0.05) is 23.7 Å². The van der Waals surface area contributed by atoms with Gasteiger partial charge in [0.05, 0.1) is 5.60 Å². The van der Waals surface area contributed by atoms with Crippen molar-refractivity contribution in [2.24, 2.45) is 5.92 Å². The van der Waals surface area contributed by atoms with E-state index in [1.807, 2.05) is 24.3 Å². The molecule has 1 fully saturated rings. The lowest BCUT2D eigenvalue weighted by atomic mass is 10.1. The zero-order valence-corrected chi connectivity index (χ0v) is 12.3. The van der Waals surface area contributed by atoms with E-state index in [0.717, 1.165) is 12.0 Å². The number of carbonyl (C=O) groups excluding carboxylic acids is 1. The molecule has 0 spiro atoms. The van der Waals surface area contributed by atoms with Gasteiger partial charge in [-0.15, -0.1) is 0 Å². The van der Waals surface area contributed by atoms with Gasteiger partial charge < -0.3 is 10.0 Å². The minimum Gasteiger partial charge on any atom is -0.389 e. The number of hydrogen-bond donors (Lipinski definition) is 1. The molecule has 3 nitrogen and oxygen atoms in total. The quantitative estimate of drug-likeness (QED) is 0.922. The van der Waals surface area contributed by atoms with Crippen LogP contribution in [-0.2, 0) is 4.79 Å². The Morgan fingerprint density at radius 2 is 2.21 bits per heavy atom. The van der Waals surface area contributed by atoms with Gasteiger partial charge in [0.25, 0.3) is 0 Å². The van der Waals surface area contributed by atoms with E-state index in [1.165, 1.54) is 0 Å². The van der Waals surface area contributed by atoms with Gasteiger partial charge in [-0.25, -0.2) is 0 Å². The molecule has 104 valence electrons. The van der Waals surface area contributed by atoms with E-state index < -0.39 is 5.60 Å². The number of rotatable bonds is 4. The molecular weight excluding hydrogens is 262 g/mol. The predicted molar refractivity (Wildman–Crippen MR) is 76.2 cm³/mol. The lowest BCUT2D eigenvalue weighted by molar-refractivity contribution is -0.134. The number of carbonyl (C=O) groups is 1. The summed E-state index contributed by atoms with van der Waals surface area (Å²) in [6.45, 7) is 3.76. The summed E-state index contributed by atoms with van der Waals surface area (Å²) in [6.07, 6.45) is 0.870. The summed E-state index contributed by atoms with van der Waals surface area (Å²) in [6, 6.07) is 7.69. The number of hydrogen-bond acceptors (Lipinski definition) is 2. The van der Waals surface area contributed by atoms with E-state index in [1.54, 1.807) is 25.8 Å². The molecule has 4 heteroatoms. The fraction of sp³-hybridized carbons (Fsp3) is 0.533. The third-order valence-corrected chi connectivity index (χ3v) is 3.62. The topological polar surface area (TPSA) is 40.5 Å². The average molecular weight is 282 g/mol. The highest BCUT2D eigenvalue weighted by atomic mass is 35.5. The van der Waals surface area contributed by atoms with Crippen molar-refractivity contribution in [1.82, 2.24) is 4.90 Å². The van der Waals surface area contributed by atoms with E-state index in [0.29, 0.717) is 11.6 Å². The SMILES string of the molecule is CN(CC(C)(C)O)C(=O)C1CC1c1cccc(Cl)c1. The first-order valence-electron chi connectivity index (χ1n) is 6.51. The van der Waals surface area contributed by atoms with Crippen molar-refractivity contribution in [3.63, 3.8) is 0 Å². The maximum atomic E-state index is 12.2. The number of halogens is 1. The van der Waals surface area contributed by atoms with Gasteiger partial charge in [-0.2, -0.15) is 0 Å². The molecule has 0 radical (unpaired) electrons. The summed E-state index contributed by atoms with van der Waals surface area (Å²) in [7, 11) is 1.74. The lowest BCUT2D eigenvalue weighted by Crippen LogP contribution is -2.40. The molecule has 1 amide bonds. The molecule has 2 unspecified atom stereocenters. The van der Waals surface area contributed by atoms with Crippen LogP contribution in [0.1, 0.15) is 31.7 Å². The third-order valence-electron chi connectivity index (χ3n) is 3.38. The summed E-state index contributed by atoms with van der Waals surface area (Å²) < 4.78 is 0. The number of benzene rings is 1. The van der Waals surface area contributed by atoms with Crippen molar-refractivity contribution in [3.05, 3.63) is 34.9 Å². The van der Waals surface area contributed by atoms with Gasteiger partial charge in [0.15, 0.2) is 0 Å². The molecule has 1 aliphatic carbocycles. The average Bonchev–Trinajstić information content (AvgIpc) is 3.05. The van der Waals surface area contributed by atoms with Crippen LogP contribution in [0.3, 0.4) is 0 Å². The maximum Gasteiger partial charge on any atom is 0.226 e. The largest absolute Gasteiger partial charge is 0.389 e. The molecule has 1 saturated carbocycles. The zero-order valence-electron chi connectivity index (χ0n) is 11.6. The van der Waals surface area contributed by atoms with E-state index in [9.17, 15) is 9.90 Å². The summed E-state index contributed by atoms with van der Waals surface area (Å²) in [5, 5.41) is 10.5. The highest BCUT2D eigenvalue weighted by molar-refractivity contribution is 6.30. The van der Waals surface area contributed by atoms with E-state index in [-0.39, 0.29) is 17.7 Å². The van der Waals surface area contributed by atoms with Crippen LogP contribution in [-0.4, -0.2) is 35.1 Å². The molecule has 1 N–H and O–H groups in total. The Labute approximate surface area is 119 Å². The Kier molecular flexibility index (Phi) is 3.88. The summed E-state index contributed by atoms with van der Waals surface area (Å²) >= 11 is 5.97. The van der Waals surface area contributed by atoms with Crippen molar-refractivity contribution in [2.75, 3.05) is 13.6 Å². The second-order valence-corrected chi connectivity index (χ2v) is 6.45. The van der Waals surface area contributed by atoms with Crippen LogP contribution in [0.5, 0.6) is 0 Å². The van der Waals surface area contributed by atoms with Crippen LogP contribution in [0.15, 0.2) is 24.3 Å². The van der Waals surface area contributed by atoms with E-state index in [4.69, 9.17) is 11.6 Å². The zero-order chi connectivity index (χ0) is 14.2. The molecule has 1 aromatic carbocycles. The van der Waals surface area contributed by atoms with Crippen molar-refractivity contribution >= 4 is 17.5 Å². The van der Waals surface area contributed by atoms with Gasteiger partial charge in [0.2, 0.25) is 5.91 Å². The molecule has 1 aromatic rings. The van der Waals surface area contributed by atoms with Crippen LogP contribution in [0.2, 0.25) is 5.02 Å². The van der Waals surface area contributed by atoms with Crippen molar-refractivity contribution in [2.45, 2.75) is 31.8 Å². The molecule has 0 heterocycles. The summed E-state index contributed by atoms with van der Waals surface area (Å²) in [5.74, 6) is 0.411. The summed E-state index contributed by atoms with van der Waals surface area (Å²) in [5.41, 5.74) is 0.271. The van der Waals surface area contributed by atoms with E-state index >= 15 is 0 Å². The Morgan fingerprint density at radius 3 is 2.79 bits per heavy atom. The van der Waals surface area contributed by atoms with Crippen LogP contribution >= 0.6 is 11.6 Å². The third kappa shape index (κ3) is 3.71. The standard InChI is InChI=1S/C15H20ClNO2/c1-15(2,19)9-17(3)14(18)13-8-12(13)10-5-4-6-11(16)7-10/h4-7,12-13,19H,8-9H2,1-3H3. The van der Waals surface area contributed by atoms with E-state index in [2.05, 4.69) is 0 Å². The number of likely N-dealkylation sites (N-methyl/N-ethyl adjacent to an activating group) is 1. The molecule has 1 aliphatic rings. The van der Waals surface area contributed by atoms with Crippen LogP contribution in [0.25, 0.3) is 0 Å². The Balaban J connectivity index is 1.97. The second-order valence-electron chi connectivity index (χ2n) is 6.01. The second kappa shape index (κ2) is 5.14. The van der Waals surface area contributed by atoms with Gasteiger partial charge >= 0.3 is 0 Å². The van der Waals surface area contributed by atoms with Crippen LogP contribution < -0.4 is 0 Å². The molecule has 0 aliphatic heterocycles. The normalized spacial score (nSPS) is 22.2. The Bertz CT molecular complexity index is 481. The fourth-order valence-electron chi connectivity index (χ4n) is 2.51. The molecule has 2 atom stereocenters. The van der Waals surface area contributed by atoms with Crippen LogP contribution in [0, 0.1) is 5.92 Å². The number of amides is 1. The highest BCUT2D eigenvalue weighted by Gasteiger charge is 2.45. The molecule has 2 rings (SSSR count). The molecule has 0 bridgehead atoms. The Morgan fingerprint density at radius 1 is 1.53 bits per heavy atom. The molecule has 19 heavy (non-hydrogen) atoms. The Hall–Kier alpha value is -1.06. The first-order valence-corrected chi connectivity index (χ1v) is 6.88. The smallest absolute Gasteiger partial charge is 0.226 e. The first-order chi connectivity index (χ1) is 8.78. The highest BCUT2D eigenvalue weighted by Crippen LogP contribution is 2.48. The van der Waals surface area contributed by atoms with Crippen LogP contribution in [0.4, 0.5) is 0 Å². The minimum atomic E-state index is -0.856. The van der Waals surface area contributed by atoms with Crippen molar-refractivity contribution < 1.29 is 9.90 Å². The molecular formula is C15H20ClNO2. The van der Waals surface area contributed by atoms with Crippen molar-refractivity contribution in [1.29, 1.82) is 0 Å². The van der Waals surface area contributed by atoms with Gasteiger partial charge in [-0.3, -0.25) is 4.79 Å². The monoisotopic (exact) mass is 281 g/mol. The first kappa shape index (κ1) is 14.4.